The molecule has 0 aromatic carbocycles. The van der Waals surface area contributed by atoms with Gasteiger partial charge in [0.2, 0.25) is 5.89 Å². The van der Waals surface area contributed by atoms with Crippen LogP contribution in [0.3, 0.4) is 0 Å². The van der Waals surface area contributed by atoms with E-state index in [2.05, 4.69) is 10.1 Å². The molecule has 1 aromatic heterocycles. The van der Waals surface area contributed by atoms with Crippen molar-refractivity contribution < 1.29 is 9.26 Å². The van der Waals surface area contributed by atoms with E-state index >= 15 is 0 Å². The standard InChI is InChI=1S/C9H14N2O2/c1-2-8-10-9(11-13-8)7-3-5-12-6-4-7/h7H,2-6H2,1H3. The van der Waals surface area contributed by atoms with E-state index in [0.717, 1.165) is 44.2 Å². The number of aryl methyl sites for hydroxylation is 1. The highest BCUT2D eigenvalue weighted by Gasteiger charge is 2.20. The molecule has 0 spiro atoms. The summed E-state index contributed by atoms with van der Waals surface area (Å²) in [7, 11) is 0. The second kappa shape index (κ2) is 3.87. The number of hydrogen-bond donors (Lipinski definition) is 0. The Labute approximate surface area is 77.3 Å². The minimum atomic E-state index is 0.442. The third-order valence-electron chi connectivity index (χ3n) is 2.37. The van der Waals surface area contributed by atoms with Crippen molar-refractivity contribution in [3.63, 3.8) is 0 Å². The van der Waals surface area contributed by atoms with E-state index in [0.29, 0.717) is 5.92 Å². The van der Waals surface area contributed by atoms with Gasteiger partial charge in [0.15, 0.2) is 5.82 Å². The monoisotopic (exact) mass is 182 g/mol. The number of rotatable bonds is 2. The van der Waals surface area contributed by atoms with E-state index < -0.39 is 0 Å². The van der Waals surface area contributed by atoms with Gasteiger partial charge in [0.05, 0.1) is 0 Å². The molecule has 13 heavy (non-hydrogen) atoms. The van der Waals surface area contributed by atoms with Crippen LogP contribution in [-0.4, -0.2) is 23.4 Å². The third kappa shape index (κ3) is 1.88. The van der Waals surface area contributed by atoms with E-state index in [9.17, 15) is 0 Å². The molecule has 1 aliphatic rings. The summed E-state index contributed by atoms with van der Waals surface area (Å²) in [5.41, 5.74) is 0. The molecule has 72 valence electrons. The van der Waals surface area contributed by atoms with Crippen molar-refractivity contribution in [3.05, 3.63) is 11.7 Å². The van der Waals surface area contributed by atoms with Crippen LogP contribution in [0.5, 0.6) is 0 Å². The minimum Gasteiger partial charge on any atom is -0.381 e. The van der Waals surface area contributed by atoms with Crippen LogP contribution in [0.1, 0.15) is 37.4 Å². The summed E-state index contributed by atoms with van der Waals surface area (Å²) in [4.78, 5) is 4.32. The molecule has 2 rings (SSSR count). The number of nitrogens with zero attached hydrogens (tertiary/aromatic N) is 2. The predicted octanol–water partition coefficient (Wildman–Crippen LogP) is 1.53. The molecule has 0 atom stereocenters. The molecule has 2 heterocycles. The quantitative estimate of drug-likeness (QED) is 0.695. The first-order valence-corrected chi connectivity index (χ1v) is 4.80. The molecular weight excluding hydrogens is 168 g/mol. The summed E-state index contributed by atoms with van der Waals surface area (Å²) < 4.78 is 10.3. The zero-order valence-electron chi connectivity index (χ0n) is 7.82. The first-order valence-electron chi connectivity index (χ1n) is 4.80. The number of hydrogen-bond acceptors (Lipinski definition) is 4. The van der Waals surface area contributed by atoms with Gasteiger partial charge in [-0.15, -0.1) is 0 Å². The van der Waals surface area contributed by atoms with Gasteiger partial charge in [-0.05, 0) is 12.8 Å². The molecule has 0 amide bonds. The van der Waals surface area contributed by atoms with Crippen molar-refractivity contribution in [1.29, 1.82) is 0 Å². The van der Waals surface area contributed by atoms with E-state index in [1.807, 2.05) is 6.92 Å². The first-order chi connectivity index (χ1) is 6.40. The van der Waals surface area contributed by atoms with Gasteiger partial charge in [-0.3, -0.25) is 0 Å². The molecule has 0 saturated carbocycles. The summed E-state index contributed by atoms with van der Waals surface area (Å²) in [5, 5.41) is 3.97. The molecule has 4 heteroatoms. The SMILES string of the molecule is CCc1nc(C2CCOCC2)no1. The lowest BCUT2D eigenvalue weighted by atomic mass is 10.00. The fourth-order valence-electron chi connectivity index (χ4n) is 1.53. The Morgan fingerprint density at radius 2 is 2.15 bits per heavy atom. The van der Waals surface area contributed by atoms with E-state index in [4.69, 9.17) is 9.26 Å². The Morgan fingerprint density at radius 1 is 1.38 bits per heavy atom. The molecule has 1 fully saturated rings. The van der Waals surface area contributed by atoms with Crippen molar-refractivity contribution in [1.82, 2.24) is 10.1 Å². The lowest BCUT2D eigenvalue weighted by Crippen LogP contribution is -2.15. The maximum absolute atomic E-state index is 5.27. The summed E-state index contributed by atoms with van der Waals surface area (Å²) in [5.74, 6) is 2.04. The van der Waals surface area contributed by atoms with Crippen molar-refractivity contribution in [2.75, 3.05) is 13.2 Å². The van der Waals surface area contributed by atoms with Crippen LogP contribution in [0.25, 0.3) is 0 Å². The average Bonchev–Trinajstić information content (AvgIpc) is 2.67. The van der Waals surface area contributed by atoms with Crippen LogP contribution in [0.15, 0.2) is 4.52 Å². The van der Waals surface area contributed by atoms with Crippen LogP contribution in [0, 0.1) is 0 Å². The maximum atomic E-state index is 5.27. The average molecular weight is 182 g/mol. The second-order valence-electron chi connectivity index (χ2n) is 3.29. The largest absolute Gasteiger partial charge is 0.381 e. The molecule has 1 aromatic rings. The van der Waals surface area contributed by atoms with Crippen LogP contribution in [-0.2, 0) is 11.2 Å². The molecule has 0 bridgehead atoms. The van der Waals surface area contributed by atoms with Crippen LogP contribution < -0.4 is 0 Å². The number of ether oxygens (including phenoxy) is 1. The molecule has 0 aliphatic carbocycles. The van der Waals surface area contributed by atoms with Crippen LogP contribution in [0.2, 0.25) is 0 Å². The van der Waals surface area contributed by atoms with Crippen molar-refractivity contribution in [3.8, 4) is 0 Å². The van der Waals surface area contributed by atoms with E-state index in [-0.39, 0.29) is 0 Å². The molecule has 1 aliphatic heterocycles. The minimum absolute atomic E-state index is 0.442. The van der Waals surface area contributed by atoms with Crippen molar-refractivity contribution in [2.24, 2.45) is 0 Å². The highest BCUT2D eigenvalue weighted by atomic mass is 16.5. The molecule has 1 saturated heterocycles. The molecule has 0 unspecified atom stereocenters. The van der Waals surface area contributed by atoms with Crippen molar-refractivity contribution in [2.45, 2.75) is 32.1 Å². The highest BCUT2D eigenvalue weighted by Crippen LogP contribution is 2.24. The number of aromatic nitrogens is 2. The van der Waals surface area contributed by atoms with Gasteiger partial charge in [0.1, 0.15) is 0 Å². The fourth-order valence-corrected chi connectivity index (χ4v) is 1.53. The predicted molar refractivity (Wildman–Crippen MR) is 46.5 cm³/mol. The Hall–Kier alpha value is -0.900. The second-order valence-corrected chi connectivity index (χ2v) is 3.29. The van der Waals surface area contributed by atoms with Gasteiger partial charge in [-0.2, -0.15) is 4.98 Å². The zero-order valence-corrected chi connectivity index (χ0v) is 7.82. The molecular formula is C9H14N2O2. The lowest BCUT2D eigenvalue weighted by molar-refractivity contribution is 0.0830. The summed E-state index contributed by atoms with van der Waals surface area (Å²) >= 11 is 0. The van der Waals surface area contributed by atoms with Crippen molar-refractivity contribution >= 4 is 0 Å². The Morgan fingerprint density at radius 3 is 2.77 bits per heavy atom. The van der Waals surface area contributed by atoms with Crippen LogP contribution in [0.4, 0.5) is 0 Å². The maximum Gasteiger partial charge on any atom is 0.226 e. The molecule has 0 radical (unpaired) electrons. The summed E-state index contributed by atoms with van der Waals surface area (Å²) in [6, 6.07) is 0. The normalized spacial score (nSPS) is 19.2. The fraction of sp³-hybridized carbons (Fsp3) is 0.778. The molecule has 0 N–H and O–H groups in total. The van der Waals surface area contributed by atoms with Crippen LogP contribution >= 0.6 is 0 Å². The summed E-state index contributed by atoms with van der Waals surface area (Å²) in [6.07, 6.45) is 2.85. The first kappa shape index (κ1) is 8.69. The Bertz CT molecular complexity index is 266. The third-order valence-corrected chi connectivity index (χ3v) is 2.37. The van der Waals surface area contributed by atoms with Gasteiger partial charge < -0.3 is 9.26 Å². The van der Waals surface area contributed by atoms with E-state index in [1.165, 1.54) is 0 Å². The van der Waals surface area contributed by atoms with Gasteiger partial charge in [-0.25, -0.2) is 0 Å². The van der Waals surface area contributed by atoms with Gasteiger partial charge in [0.25, 0.3) is 0 Å². The zero-order chi connectivity index (χ0) is 9.10. The Balaban J connectivity index is 2.05. The Kier molecular flexibility index (Phi) is 2.59. The molecule has 4 nitrogen and oxygen atoms in total. The lowest BCUT2D eigenvalue weighted by Gasteiger charge is -2.18. The summed E-state index contributed by atoms with van der Waals surface area (Å²) in [6.45, 7) is 3.66. The highest BCUT2D eigenvalue weighted by molar-refractivity contribution is 4.96. The van der Waals surface area contributed by atoms with Gasteiger partial charge >= 0.3 is 0 Å². The topological polar surface area (TPSA) is 48.2 Å². The van der Waals surface area contributed by atoms with Gasteiger partial charge in [-0.1, -0.05) is 12.1 Å². The van der Waals surface area contributed by atoms with E-state index in [1.54, 1.807) is 0 Å². The smallest absolute Gasteiger partial charge is 0.226 e. The van der Waals surface area contributed by atoms with Gasteiger partial charge in [0, 0.05) is 25.6 Å².